The lowest BCUT2D eigenvalue weighted by molar-refractivity contribution is -0.131. The second-order valence-corrected chi connectivity index (χ2v) is 5.98. The van der Waals surface area contributed by atoms with Crippen molar-refractivity contribution in [1.82, 2.24) is 20.4 Å². The standard InChI is InChI=1S/C17H22N4O3/c1-2-16(22)21-7-5-12(6-8-21)14-10-15(20-19-14)17(23)18-11-13-4-3-9-24-13/h3-4,9-10,12H,2,5-8,11H2,1H3,(H,18,23)(H,19,20). The van der Waals surface area contributed by atoms with Crippen LogP contribution in [0.3, 0.4) is 0 Å². The van der Waals surface area contributed by atoms with E-state index in [0.29, 0.717) is 30.3 Å². The number of nitrogens with zero attached hydrogens (tertiary/aromatic N) is 2. The third-order valence-corrected chi connectivity index (χ3v) is 4.42. The molecule has 2 amide bonds. The molecule has 2 aromatic heterocycles. The minimum Gasteiger partial charge on any atom is -0.467 e. The average Bonchev–Trinajstić information content (AvgIpc) is 3.31. The van der Waals surface area contributed by atoms with E-state index in [1.807, 2.05) is 17.9 Å². The van der Waals surface area contributed by atoms with E-state index in [0.717, 1.165) is 31.6 Å². The Kier molecular flexibility index (Phi) is 4.98. The molecule has 0 bridgehead atoms. The molecule has 0 radical (unpaired) electrons. The van der Waals surface area contributed by atoms with E-state index >= 15 is 0 Å². The number of amides is 2. The Morgan fingerprint density at radius 2 is 2.21 bits per heavy atom. The number of rotatable bonds is 5. The fourth-order valence-corrected chi connectivity index (χ4v) is 3.00. The second kappa shape index (κ2) is 7.33. The van der Waals surface area contributed by atoms with Crippen molar-refractivity contribution in [1.29, 1.82) is 0 Å². The molecular weight excluding hydrogens is 308 g/mol. The van der Waals surface area contributed by atoms with E-state index in [4.69, 9.17) is 4.42 Å². The summed E-state index contributed by atoms with van der Waals surface area (Å²) in [6, 6.07) is 5.39. The molecule has 0 aromatic carbocycles. The Morgan fingerprint density at radius 1 is 1.42 bits per heavy atom. The van der Waals surface area contributed by atoms with Crippen LogP contribution < -0.4 is 5.32 Å². The fourth-order valence-electron chi connectivity index (χ4n) is 3.00. The first kappa shape index (κ1) is 16.3. The largest absolute Gasteiger partial charge is 0.467 e. The molecule has 7 heteroatoms. The van der Waals surface area contributed by atoms with Crippen LogP contribution in [-0.4, -0.2) is 40.0 Å². The summed E-state index contributed by atoms with van der Waals surface area (Å²) in [6.07, 6.45) is 3.90. The number of nitrogens with one attached hydrogen (secondary N) is 2. The van der Waals surface area contributed by atoms with Gasteiger partial charge in [0.2, 0.25) is 5.91 Å². The van der Waals surface area contributed by atoms with Gasteiger partial charge in [0.15, 0.2) is 0 Å². The first-order chi connectivity index (χ1) is 11.7. The van der Waals surface area contributed by atoms with Crippen LogP contribution in [0.5, 0.6) is 0 Å². The quantitative estimate of drug-likeness (QED) is 0.878. The molecule has 2 aromatic rings. The van der Waals surface area contributed by atoms with Gasteiger partial charge < -0.3 is 14.6 Å². The van der Waals surface area contributed by atoms with Crippen molar-refractivity contribution in [2.24, 2.45) is 0 Å². The van der Waals surface area contributed by atoms with E-state index in [1.165, 1.54) is 0 Å². The minimum atomic E-state index is -0.229. The van der Waals surface area contributed by atoms with Crippen LogP contribution in [0.25, 0.3) is 0 Å². The van der Waals surface area contributed by atoms with E-state index in [1.54, 1.807) is 18.4 Å². The number of hydrogen-bond donors (Lipinski definition) is 2. The Hall–Kier alpha value is -2.57. The predicted molar refractivity (Wildman–Crippen MR) is 87.3 cm³/mol. The Labute approximate surface area is 140 Å². The summed E-state index contributed by atoms with van der Waals surface area (Å²) in [5.74, 6) is 0.987. The van der Waals surface area contributed by atoms with Crippen molar-refractivity contribution >= 4 is 11.8 Å². The van der Waals surface area contributed by atoms with Crippen LogP contribution in [-0.2, 0) is 11.3 Å². The molecule has 1 saturated heterocycles. The van der Waals surface area contributed by atoms with Crippen LogP contribution in [0.15, 0.2) is 28.9 Å². The maximum Gasteiger partial charge on any atom is 0.272 e. The smallest absolute Gasteiger partial charge is 0.272 e. The molecule has 3 rings (SSSR count). The number of piperidine rings is 1. The lowest BCUT2D eigenvalue weighted by Gasteiger charge is -2.31. The molecule has 0 spiro atoms. The number of furan rings is 1. The third-order valence-electron chi connectivity index (χ3n) is 4.42. The van der Waals surface area contributed by atoms with Gasteiger partial charge in [0.05, 0.1) is 12.8 Å². The van der Waals surface area contributed by atoms with Gasteiger partial charge in [-0.15, -0.1) is 0 Å². The molecule has 0 unspecified atom stereocenters. The molecule has 1 aliphatic heterocycles. The zero-order valence-electron chi connectivity index (χ0n) is 13.7. The summed E-state index contributed by atoms with van der Waals surface area (Å²) in [7, 11) is 0. The zero-order chi connectivity index (χ0) is 16.9. The van der Waals surface area contributed by atoms with Crippen molar-refractivity contribution in [3.63, 3.8) is 0 Å². The number of aromatic amines is 1. The van der Waals surface area contributed by atoms with Gasteiger partial charge in [-0.25, -0.2) is 0 Å². The number of H-pyrrole nitrogens is 1. The van der Waals surface area contributed by atoms with Crippen LogP contribution in [0.4, 0.5) is 0 Å². The fraction of sp³-hybridized carbons (Fsp3) is 0.471. The van der Waals surface area contributed by atoms with Crippen LogP contribution in [0, 0.1) is 0 Å². The molecule has 1 aliphatic rings. The molecule has 0 atom stereocenters. The molecule has 2 N–H and O–H groups in total. The number of hydrogen-bond acceptors (Lipinski definition) is 4. The van der Waals surface area contributed by atoms with E-state index in [9.17, 15) is 9.59 Å². The van der Waals surface area contributed by atoms with Gasteiger partial charge in [-0.05, 0) is 31.0 Å². The van der Waals surface area contributed by atoms with Gasteiger partial charge in [0.1, 0.15) is 11.5 Å². The topological polar surface area (TPSA) is 91.2 Å². The van der Waals surface area contributed by atoms with Gasteiger partial charge in [-0.2, -0.15) is 5.10 Å². The molecule has 128 valence electrons. The van der Waals surface area contributed by atoms with Gasteiger partial charge >= 0.3 is 0 Å². The highest BCUT2D eigenvalue weighted by molar-refractivity contribution is 5.92. The molecule has 7 nitrogen and oxygen atoms in total. The van der Waals surface area contributed by atoms with Crippen LogP contribution in [0.2, 0.25) is 0 Å². The van der Waals surface area contributed by atoms with Crippen molar-refractivity contribution in [3.05, 3.63) is 41.6 Å². The predicted octanol–water partition coefficient (Wildman–Crippen LogP) is 2.05. The normalized spacial score (nSPS) is 15.5. The number of carbonyl (C=O) groups is 2. The van der Waals surface area contributed by atoms with E-state index < -0.39 is 0 Å². The summed E-state index contributed by atoms with van der Waals surface area (Å²) in [4.78, 5) is 25.8. The first-order valence-electron chi connectivity index (χ1n) is 8.31. The maximum absolute atomic E-state index is 12.1. The summed E-state index contributed by atoms with van der Waals surface area (Å²) in [6.45, 7) is 3.75. The Morgan fingerprint density at radius 3 is 2.88 bits per heavy atom. The summed E-state index contributed by atoms with van der Waals surface area (Å²) >= 11 is 0. The zero-order valence-corrected chi connectivity index (χ0v) is 13.7. The SMILES string of the molecule is CCC(=O)N1CCC(c2cc(C(=O)NCc3ccco3)n[nH]2)CC1. The molecular formula is C17H22N4O3. The van der Waals surface area contributed by atoms with Crippen molar-refractivity contribution in [3.8, 4) is 0 Å². The number of likely N-dealkylation sites (tertiary alicyclic amines) is 1. The van der Waals surface area contributed by atoms with Crippen LogP contribution >= 0.6 is 0 Å². The van der Waals surface area contributed by atoms with E-state index in [-0.39, 0.29) is 11.8 Å². The Balaban J connectivity index is 1.54. The highest BCUT2D eigenvalue weighted by Crippen LogP contribution is 2.27. The van der Waals surface area contributed by atoms with Crippen LogP contribution in [0.1, 0.15) is 54.0 Å². The minimum absolute atomic E-state index is 0.205. The third kappa shape index (κ3) is 3.67. The lowest BCUT2D eigenvalue weighted by atomic mass is 9.93. The monoisotopic (exact) mass is 330 g/mol. The Bertz CT molecular complexity index is 685. The molecule has 1 fully saturated rings. The summed E-state index contributed by atoms with van der Waals surface area (Å²) in [5, 5.41) is 9.86. The molecule has 0 saturated carbocycles. The second-order valence-electron chi connectivity index (χ2n) is 5.98. The average molecular weight is 330 g/mol. The van der Waals surface area contributed by atoms with Gasteiger partial charge in [-0.3, -0.25) is 14.7 Å². The lowest BCUT2D eigenvalue weighted by Crippen LogP contribution is -2.37. The van der Waals surface area contributed by atoms with Crippen molar-refractivity contribution < 1.29 is 14.0 Å². The van der Waals surface area contributed by atoms with Gasteiger partial charge in [-0.1, -0.05) is 6.92 Å². The summed E-state index contributed by atoms with van der Waals surface area (Å²) < 4.78 is 5.18. The highest BCUT2D eigenvalue weighted by atomic mass is 16.3. The van der Waals surface area contributed by atoms with E-state index in [2.05, 4.69) is 15.5 Å². The maximum atomic E-state index is 12.1. The molecule has 24 heavy (non-hydrogen) atoms. The highest BCUT2D eigenvalue weighted by Gasteiger charge is 2.25. The van der Waals surface area contributed by atoms with Crippen molar-refractivity contribution in [2.45, 2.75) is 38.6 Å². The van der Waals surface area contributed by atoms with Gasteiger partial charge in [0, 0.05) is 31.1 Å². The van der Waals surface area contributed by atoms with Gasteiger partial charge in [0.25, 0.3) is 5.91 Å². The summed E-state index contributed by atoms with van der Waals surface area (Å²) in [5.41, 5.74) is 1.34. The molecule has 3 heterocycles. The number of carbonyl (C=O) groups excluding carboxylic acids is 2. The molecule has 0 aliphatic carbocycles. The van der Waals surface area contributed by atoms with Crippen molar-refractivity contribution in [2.75, 3.05) is 13.1 Å². The number of aromatic nitrogens is 2. The first-order valence-corrected chi connectivity index (χ1v) is 8.31.